The Bertz CT molecular complexity index is 197. The van der Waals surface area contributed by atoms with Gasteiger partial charge in [0.1, 0.15) is 0 Å². The first-order valence-corrected chi connectivity index (χ1v) is 5.80. The normalized spacial score (nSPS) is 25.5. The van der Waals surface area contributed by atoms with E-state index in [1.165, 1.54) is 19.8 Å². The van der Waals surface area contributed by atoms with Crippen LogP contribution in [0.4, 0.5) is 0 Å². The Labute approximate surface area is 91.4 Å². The van der Waals surface area contributed by atoms with Crippen LogP contribution < -0.4 is 10.6 Å². The van der Waals surface area contributed by atoms with Crippen LogP contribution in [0.3, 0.4) is 0 Å². The molecule has 0 aromatic heterocycles. The summed E-state index contributed by atoms with van der Waals surface area (Å²) in [6.07, 6.45) is 3.62. The fourth-order valence-electron chi connectivity index (χ4n) is 2.24. The van der Waals surface area contributed by atoms with Crippen LogP contribution in [0.5, 0.6) is 0 Å². The fraction of sp³-hybridized carbons (Fsp3) is 0.909. The summed E-state index contributed by atoms with van der Waals surface area (Å²) in [6, 6.07) is 0. The lowest BCUT2D eigenvalue weighted by molar-refractivity contribution is -0.118. The smallest absolute Gasteiger partial charge is 0.216 e. The Hall–Kier alpha value is -0.610. The lowest BCUT2D eigenvalue weighted by Crippen LogP contribution is -2.34. The van der Waals surface area contributed by atoms with E-state index in [9.17, 15) is 4.79 Å². The second-order valence-electron chi connectivity index (χ2n) is 4.32. The highest BCUT2D eigenvalue weighted by Crippen LogP contribution is 2.30. The first-order valence-electron chi connectivity index (χ1n) is 5.80. The average molecular weight is 214 g/mol. The largest absolute Gasteiger partial charge is 0.396 e. The molecule has 0 aromatic carbocycles. The highest BCUT2D eigenvalue weighted by molar-refractivity contribution is 5.72. The molecule has 2 unspecified atom stereocenters. The van der Waals surface area contributed by atoms with Gasteiger partial charge in [-0.15, -0.1) is 0 Å². The Morgan fingerprint density at radius 1 is 1.33 bits per heavy atom. The number of rotatable bonds is 6. The molecule has 0 aromatic rings. The zero-order valence-electron chi connectivity index (χ0n) is 9.46. The molecule has 4 nitrogen and oxygen atoms in total. The van der Waals surface area contributed by atoms with Gasteiger partial charge in [-0.3, -0.25) is 4.79 Å². The topological polar surface area (TPSA) is 61.4 Å². The average Bonchev–Trinajstić information content (AvgIpc) is 2.64. The number of hydrogen-bond acceptors (Lipinski definition) is 3. The van der Waals surface area contributed by atoms with Crippen LogP contribution >= 0.6 is 0 Å². The molecule has 15 heavy (non-hydrogen) atoms. The maximum atomic E-state index is 10.6. The number of carbonyl (C=O) groups excluding carboxylic acids is 1. The van der Waals surface area contributed by atoms with Crippen LogP contribution in [0.15, 0.2) is 0 Å². The van der Waals surface area contributed by atoms with Crippen LogP contribution in [-0.2, 0) is 4.79 Å². The molecular weight excluding hydrogens is 192 g/mol. The van der Waals surface area contributed by atoms with Gasteiger partial charge in [0, 0.05) is 26.6 Å². The Balaban J connectivity index is 2.02. The van der Waals surface area contributed by atoms with E-state index in [2.05, 4.69) is 10.6 Å². The van der Waals surface area contributed by atoms with Gasteiger partial charge in [-0.05, 0) is 31.2 Å². The molecule has 0 saturated heterocycles. The van der Waals surface area contributed by atoms with Crippen molar-refractivity contribution in [2.75, 3.05) is 26.2 Å². The number of hydrogen-bond donors (Lipinski definition) is 3. The molecule has 1 rings (SSSR count). The zero-order chi connectivity index (χ0) is 11.1. The minimum absolute atomic E-state index is 0.0194. The second kappa shape index (κ2) is 6.80. The summed E-state index contributed by atoms with van der Waals surface area (Å²) < 4.78 is 0. The fourth-order valence-corrected chi connectivity index (χ4v) is 2.24. The standard InChI is InChI=1S/C11H22N2O2/c1-9(15)13-6-5-12-7-10-3-2-4-11(10)8-14/h10-12,14H,2-8H2,1H3,(H,13,15). The minimum Gasteiger partial charge on any atom is -0.396 e. The molecule has 4 heteroatoms. The van der Waals surface area contributed by atoms with Crippen molar-refractivity contribution in [3.63, 3.8) is 0 Å². The number of nitrogens with one attached hydrogen (secondary N) is 2. The maximum Gasteiger partial charge on any atom is 0.216 e. The van der Waals surface area contributed by atoms with Crippen molar-refractivity contribution >= 4 is 5.91 Å². The first-order chi connectivity index (χ1) is 7.24. The van der Waals surface area contributed by atoms with Gasteiger partial charge in [-0.1, -0.05) is 6.42 Å². The highest BCUT2D eigenvalue weighted by atomic mass is 16.3. The van der Waals surface area contributed by atoms with Crippen molar-refractivity contribution in [2.24, 2.45) is 11.8 Å². The molecule has 3 N–H and O–H groups in total. The van der Waals surface area contributed by atoms with Gasteiger partial charge in [-0.2, -0.15) is 0 Å². The van der Waals surface area contributed by atoms with Gasteiger partial charge in [0.05, 0.1) is 0 Å². The second-order valence-corrected chi connectivity index (χ2v) is 4.32. The molecular formula is C11H22N2O2. The molecule has 1 aliphatic carbocycles. The van der Waals surface area contributed by atoms with Gasteiger partial charge < -0.3 is 15.7 Å². The molecule has 0 radical (unpaired) electrons. The van der Waals surface area contributed by atoms with Gasteiger partial charge in [0.2, 0.25) is 5.91 Å². The lowest BCUT2D eigenvalue weighted by Gasteiger charge is -2.17. The molecule has 0 heterocycles. The molecule has 88 valence electrons. The van der Waals surface area contributed by atoms with E-state index < -0.39 is 0 Å². The number of aliphatic hydroxyl groups is 1. The molecule has 0 aliphatic heterocycles. The summed E-state index contributed by atoms with van der Waals surface area (Å²) in [5.74, 6) is 1.12. The van der Waals surface area contributed by atoms with Gasteiger partial charge in [-0.25, -0.2) is 0 Å². The van der Waals surface area contributed by atoms with Gasteiger partial charge >= 0.3 is 0 Å². The first kappa shape index (κ1) is 12.5. The van der Waals surface area contributed by atoms with E-state index in [1.54, 1.807) is 0 Å². The van der Waals surface area contributed by atoms with E-state index in [1.807, 2.05) is 0 Å². The third-order valence-corrected chi connectivity index (χ3v) is 3.13. The number of carbonyl (C=O) groups is 1. The minimum atomic E-state index is 0.0194. The van der Waals surface area contributed by atoms with Crippen molar-refractivity contribution in [1.82, 2.24) is 10.6 Å². The third kappa shape index (κ3) is 4.62. The van der Waals surface area contributed by atoms with Crippen LogP contribution in [0.1, 0.15) is 26.2 Å². The Morgan fingerprint density at radius 2 is 2.07 bits per heavy atom. The maximum absolute atomic E-state index is 10.6. The SMILES string of the molecule is CC(=O)NCCNCC1CCCC1CO. The Kier molecular flexibility index (Phi) is 5.65. The van der Waals surface area contributed by atoms with Crippen molar-refractivity contribution in [1.29, 1.82) is 0 Å². The van der Waals surface area contributed by atoms with Crippen LogP contribution in [0, 0.1) is 11.8 Å². The van der Waals surface area contributed by atoms with Crippen LogP contribution in [0.25, 0.3) is 0 Å². The van der Waals surface area contributed by atoms with E-state index in [0.717, 1.165) is 19.5 Å². The van der Waals surface area contributed by atoms with Crippen molar-refractivity contribution in [2.45, 2.75) is 26.2 Å². The third-order valence-electron chi connectivity index (χ3n) is 3.13. The highest BCUT2D eigenvalue weighted by Gasteiger charge is 2.25. The van der Waals surface area contributed by atoms with E-state index in [4.69, 9.17) is 5.11 Å². The molecule has 1 amide bonds. The molecule has 1 fully saturated rings. The van der Waals surface area contributed by atoms with Crippen molar-refractivity contribution in [3.8, 4) is 0 Å². The predicted octanol–water partition coefficient (Wildman–Crippen LogP) is 0.121. The van der Waals surface area contributed by atoms with Gasteiger partial charge in [0.25, 0.3) is 0 Å². The Morgan fingerprint density at radius 3 is 2.73 bits per heavy atom. The lowest BCUT2D eigenvalue weighted by atomic mass is 9.97. The van der Waals surface area contributed by atoms with Crippen LogP contribution in [0.2, 0.25) is 0 Å². The van der Waals surface area contributed by atoms with Gasteiger partial charge in [0.15, 0.2) is 0 Å². The number of aliphatic hydroxyl groups excluding tert-OH is 1. The summed E-state index contributed by atoms with van der Waals surface area (Å²) in [5, 5.41) is 15.2. The molecule has 2 atom stereocenters. The zero-order valence-corrected chi connectivity index (χ0v) is 9.46. The number of amides is 1. The molecule has 1 aliphatic rings. The quantitative estimate of drug-likeness (QED) is 0.550. The van der Waals surface area contributed by atoms with Crippen LogP contribution in [-0.4, -0.2) is 37.3 Å². The summed E-state index contributed by atoms with van der Waals surface area (Å²) in [4.78, 5) is 10.6. The van der Waals surface area contributed by atoms with E-state index in [-0.39, 0.29) is 5.91 Å². The van der Waals surface area contributed by atoms with E-state index >= 15 is 0 Å². The summed E-state index contributed by atoms with van der Waals surface area (Å²) in [5.41, 5.74) is 0. The predicted molar refractivity (Wildman–Crippen MR) is 59.5 cm³/mol. The van der Waals surface area contributed by atoms with E-state index in [0.29, 0.717) is 25.0 Å². The van der Waals surface area contributed by atoms with Crippen molar-refractivity contribution < 1.29 is 9.90 Å². The molecule has 1 saturated carbocycles. The summed E-state index contributed by atoms with van der Waals surface area (Å²) >= 11 is 0. The monoisotopic (exact) mass is 214 g/mol. The molecule has 0 spiro atoms. The van der Waals surface area contributed by atoms with Crippen molar-refractivity contribution in [3.05, 3.63) is 0 Å². The molecule has 0 bridgehead atoms. The summed E-state index contributed by atoms with van der Waals surface area (Å²) in [7, 11) is 0. The summed E-state index contributed by atoms with van der Waals surface area (Å²) in [6.45, 7) is 4.31.